The predicted octanol–water partition coefficient (Wildman–Crippen LogP) is 3.10. The van der Waals surface area contributed by atoms with Gasteiger partial charge in [-0.1, -0.05) is 26.7 Å². The van der Waals surface area contributed by atoms with Crippen LogP contribution in [0.5, 0.6) is 0 Å². The van der Waals surface area contributed by atoms with Crippen LogP contribution in [0, 0.1) is 5.92 Å². The summed E-state index contributed by atoms with van der Waals surface area (Å²) in [6, 6.07) is 1.81. The molecule has 1 aromatic rings. The third kappa shape index (κ3) is 4.77. The molecular weight excluding hydrogens is 304 g/mol. The first kappa shape index (κ1) is 16.9. The molecule has 0 amide bonds. The molecule has 1 fully saturated rings. The van der Waals surface area contributed by atoms with Crippen LogP contribution in [0.15, 0.2) is 16.3 Å². The van der Waals surface area contributed by atoms with E-state index in [1.807, 2.05) is 12.3 Å². The second kappa shape index (κ2) is 7.72. The average molecular weight is 331 g/mol. The number of thiophene rings is 1. The van der Waals surface area contributed by atoms with Crippen LogP contribution in [-0.2, 0) is 16.6 Å². The molecule has 2 unspecified atom stereocenters. The van der Waals surface area contributed by atoms with Crippen LogP contribution in [0.4, 0.5) is 0 Å². The summed E-state index contributed by atoms with van der Waals surface area (Å²) in [5.41, 5.74) is 0. The van der Waals surface area contributed by atoms with Crippen LogP contribution in [0.25, 0.3) is 0 Å². The normalized spacial score (nSPS) is 23.9. The van der Waals surface area contributed by atoms with E-state index in [4.69, 9.17) is 0 Å². The van der Waals surface area contributed by atoms with Crippen molar-refractivity contribution in [1.29, 1.82) is 0 Å². The molecule has 2 atom stereocenters. The van der Waals surface area contributed by atoms with Crippen LogP contribution >= 0.6 is 11.3 Å². The van der Waals surface area contributed by atoms with Gasteiger partial charge in [-0.2, -0.15) is 0 Å². The second-order valence-corrected chi connectivity index (χ2v) is 8.60. The zero-order chi connectivity index (χ0) is 15.3. The van der Waals surface area contributed by atoms with Gasteiger partial charge in [0.1, 0.15) is 0 Å². The lowest BCUT2D eigenvalue weighted by Gasteiger charge is -2.17. The molecule has 0 aliphatic heterocycles. The predicted molar refractivity (Wildman–Crippen MR) is 88.1 cm³/mol. The van der Waals surface area contributed by atoms with E-state index < -0.39 is 10.0 Å². The van der Waals surface area contributed by atoms with Gasteiger partial charge in [0, 0.05) is 17.5 Å². The largest absolute Gasteiger partial charge is 0.312 e. The Labute approximate surface area is 132 Å². The SMILES string of the molecule is CCNCc1sccc1S(=O)(=O)NC1CCCC(C)CC1. The molecule has 1 aliphatic carbocycles. The molecule has 0 aromatic carbocycles. The van der Waals surface area contributed by atoms with Gasteiger partial charge in [0.15, 0.2) is 0 Å². The highest BCUT2D eigenvalue weighted by Crippen LogP contribution is 2.26. The number of nitrogens with one attached hydrogen (secondary N) is 2. The van der Waals surface area contributed by atoms with Crippen molar-refractivity contribution in [1.82, 2.24) is 10.0 Å². The lowest BCUT2D eigenvalue weighted by atomic mass is 10.0. The van der Waals surface area contributed by atoms with Gasteiger partial charge in [-0.15, -0.1) is 11.3 Å². The van der Waals surface area contributed by atoms with E-state index >= 15 is 0 Å². The molecule has 0 radical (unpaired) electrons. The number of sulfonamides is 1. The van der Waals surface area contributed by atoms with E-state index in [0.29, 0.717) is 17.4 Å². The summed E-state index contributed by atoms with van der Waals surface area (Å²) in [5, 5.41) is 5.06. The summed E-state index contributed by atoms with van der Waals surface area (Å²) >= 11 is 1.50. The zero-order valence-corrected chi connectivity index (χ0v) is 14.5. The van der Waals surface area contributed by atoms with Crippen LogP contribution in [0.3, 0.4) is 0 Å². The van der Waals surface area contributed by atoms with Gasteiger partial charge in [0.2, 0.25) is 10.0 Å². The molecule has 2 N–H and O–H groups in total. The highest BCUT2D eigenvalue weighted by molar-refractivity contribution is 7.89. The highest BCUT2D eigenvalue weighted by atomic mass is 32.2. The molecule has 0 saturated heterocycles. The number of rotatable bonds is 6. The van der Waals surface area contributed by atoms with Crippen molar-refractivity contribution in [3.05, 3.63) is 16.3 Å². The first-order valence-corrected chi connectivity index (χ1v) is 10.2. The first-order valence-electron chi connectivity index (χ1n) is 7.82. The Morgan fingerprint density at radius 1 is 1.29 bits per heavy atom. The minimum atomic E-state index is -3.39. The third-order valence-electron chi connectivity index (χ3n) is 4.11. The van der Waals surface area contributed by atoms with Crippen LogP contribution in [0.1, 0.15) is 50.8 Å². The maximum Gasteiger partial charge on any atom is 0.241 e. The summed E-state index contributed by atoms with van der Waals surface area (Å²) in [6.07, 6.45) is 5.34. The number of hydrogen-bond donors (Lipinski definition) is 2. The van der Waals surface area contributed by atoms with Crippen molar-refractivity contribution >= 4 is 21.4 Å². The lowest BCUT2D eigenvalue weighted by Crippen LogP contribution is -2.34. The molecule has 0 bridgehead atoms. The van der Waals surface area contributed by atoms with Gasteiger partial charge in [-0.05, 0) is 43.2 Å². The zero-order valence-electron chi connectivity index (χ0n) is 12.9. The molecule has 4 nitrogen and oxygen atoms in total. The van der Waals surface area contributed by atoms with Gasteiger partial charge in [-0.25, -0.2) is 13.1 Å². The molecule has 2 rings (SSSR count). The van der Waals surface area contributed by atoms with E-state index in [9.17, 15) is 8.42 Å². The summed E-state index contributed by atoms with van der Waals surface area (Å²) in [4.78, 5) is 1.34. The average Bonchev–Trinajstić information content (AvgIpc) is 2.83. The van der Waals surface area contributed by atoms with Crippen molar-refractivity contribution in [2.75, 3.05) is 6.54 Å². The van der Waals surface area contributed by atoms with Crippen molar-refractivity contribution < 1.29 is 8.42 Å². The summed E-state index contributed by atoms with van der Waals surface area (Å²) in [7, 11) is -3.39. The van der Waals surface area contributed by atoms with Gasteiger partial charge >= 0.3 is 0 Å². The molecular formula is C15H26N2O2S2. The Morgan fingerprint density at radius 2 is 2.10 bits per heavy atom. The fraction of sp³-hybridized carbons (Fsp3) is 0.733. The lowest BCUT2D eigenvalue weighted by molar-refractivity contribution is 0.484. The van der Waals surface area contributed by atoms with Gasteiger partial charge < -0.3 is 5.32 Å². The van der Waals surface area contributed by atoms with Crippen LogP contribution in [0.2, 0.25) is 0 Å². The van der Waals surface area contributed by atoms with E-state index in [2.05, 4.69) is 17.0 Å². The standard InChI is InChI=1S/C15H26N2O2S2/c1-3-16-11-14-15(9-10-20-14)21(18,19)17-13-6-4-5-12(2)7-8-13/h9-10,12-13,16-17H,3-8,11H2,1-2H3. The van der Waals surface area contributed by atoms with Crippen LogP contribution < -0.4 is 10.0 Å². The summed E-state index contributed by atoms with van der Waals surface area (Å²) < 4.78 is 28.1. The van der Waals surface area contributed by atoms with Crippen molar-refractivity contribution in [3.8, 4) is 0 Å². The Morgan fingerprint density at radius 3 is 2.86 bits per heavy atom. The Hall–Kier alpha value is -0.430. The molecule has 1 heterocycles. The molecule has 1 aliphatic rings. The minimum Gasteiger partial charge on any atom is -0.312 e. The number of hydrogen-bond acceptors (Lipinski definition) is 4. The molecule has 120 valence electrons. The van der Waals surface area contributed by atoms with Crippen molar-refractivity contribution in [3.63, 3.8) is 0 Å². The Kier molecular flexibility index (Phi) is 6.22. The topological polar surface area (TPSA) is 58.2 Å². The molecule has 21 heavy (non-hydrogen) atoms. The van der Waals surface area contributed by atoms with E-state index in [1.54, 1.807) is 6.07 Å². The maximum atomic E-state index is 12.6. The maximum absolute atomic E-state index is 12.6. The second-order valence-electron chi connectivity index (χ2n) is 5.92. The van der Waals surface area contributed by atoms with E-state index in [1.165, 1.54) is 17.8 Å². The fourth-order valence-corrected chi connectivity index (χ4v) is 5.54. The fourth-order valence-electron chi connectivity index (χ4n) is 2.82. The monoisotopic (exact) mass is 330 g/mol. The minimum absolute atomic E-state index is 0.0897. The Bertz CT molecular complexity index is 540. The smallest absolute Gasteiger partial charge is 0.241 e. The van der Waals surface area contributed by atoms with Gasteiger partial charge in [0.05, 0.1) is 4.90 Å². The van der Waals surface area contributed by atoms with E-state index in [-0.39, 0.29) is 6.04 Å². The van der Waals surface area contributed by atoms with E-state index in [0.717, 1.165) is 37.1 Å². The summed E-state index contributed by atoms with van der Waals surface area (Å²) in [5.74, 6) is 0.713. The first-order chi connectivity index (χ1) is 10.0. The molecule has 6 heteroatoms. The van der Waals surface area contributed by atoms with Crippen molar-refractivity contribution in [2.24, 2.45) is 5.92 Å². The molecule has 0 spiro atoms. The molecule has 1 aromatic heterocycles. The van der Waals surface area contributed by atoms with Gasteiger partial charge in [0.25, 0.3) is 0 Å². The molecule has 1 saturated carbocycles. The highest BCUT2D eigenvalue weighted by Gasteiger charge is 2.25. The summed E-state index contributed by atoms with van der Waals surface area (Å²) in [6.45, 7) is 5.73. The van der Waals surface area contributed by atoms with Crippen molar-refractivity contribution in [2.45, 2.75) is 63.4 Å². The third-order valence-corrected chi connectivity index (χ3v) is 6.76. The van der Waals surface area contributed by atoms with Crippen LogP contribution in [-0.4, -0.2) is 21.0 Å². The Balaban J connectivity index is 2.06. The van der Waals surface area contributed by atoms with Gasteiger partial charge in [-0.3, -0.25) is 0 Å². The quantitative estimate of drug-likeness (QED) is 0.788.